The number of carbonyl (C=O) groups is 1. The molecule has 0 fully saturated rings. The van der Waals surface area contributed by atoms with E-state index in [1.807, 2.05) is 6.92 Å². The highest BCUT2D eigenvalue weighted by Crippen LogP contribution is 2.30. The lowest BCUT2D eigenvalue weighted by molar-refractivity contribution is -0.384. The van der Waals surface area contributed by atoms with E-state index in [2.05, 4.69) is 21.2 Å². The molecule has 3 aromatic carbocycles. The number of amides is 1. The van der Waals surface area contributed by atoms with Crippen LogP contribution in [0.15, 0.2) is 75.6 Å². The minimum atomic E-state index is -4.20. The Labute approximate surface area is 210 Å². The first-order chi connectivity index (χ1) is 16.5. The average Bonchev–Trinajstić information content (AvgIpc) is 2.80. The van der Waals surface area contributed by atoms with Crippen LogP contribution in [0, 0.1) is 35.3 Å². The van der Waals surface area contributed by atoms with E-state index in [9.17, 15) is 28.6 Å². The van der Waals surface area contributed by atoms with Gasteiger partial charge < -0.3 is 9.50 Å². The smallest absolute Gasteiger partial charge is 0.339 e. The number of nitro benzene ring substituents is 1. The number of halogens is 1. The molecule has 3 rings (SSSR count). The van der Waals surface area contributed by atoms with Crippen LogP contribution in [-0.2, 0) is 14.9 Å². The number of anilines is 1. The number of nitrogens with one attached hydrogen (secondary N) is 1. The third-order valence-electron chi connectivity index (χ3n) is 4.74. The van der Waals surface area contributed by atoms with E-state index in [0.717, 1.165) is 11.6 Å². The van der Waals surface area contributed by atoms with Crippen molar-refractivity contribution < 1.29 is 22.3 Å². The largest absolute Gasteiger partial charge is 0.378 e. The Hall–Kier alpha value is -4.01. The molecule has 0 spiro atoms. The van der Waals surface area contributed by atoms with Crippen molar-refractivity contribution in [1.29, 1.82) is 5.26 Å². The Kier molecular flexibility index (Phi) is 7.68. The van der Waals surface area contributed by atoms with Gasteiger partial charge in [-0.25, -0.2) is 0 Å². The van der Waals surface area contributed by atoms with Gasteiger partial charge in [-0.1, -0.05) is 39.7 Å². The summed E-state index contributed by atoms with van der Waals surface area (Å²) in [7, 11) is -4.20. The van der Waals surface area contributed by atoms with Gasteiger partial charge in [0.15, 0.2) is 0 Å². The number of aryl methyl sites for hydroxylation is 2. The van der Waals surface area contributed by atoms with Crippen molar-refractivity contribution in [3.63, 3.8) is 0 Å². The third kappa shape index (κ3) is 6.32. The van der Waals surface area contributed by atoms with Crippen LogP contribution < -0.4 is 9.50 Å². The lowest BCUT2D eigenvalue weighted by Crippen LogP contribution is -2.15. The van der Waals surface area contributed by atoms with E-state index >= 15 is 0 Å². The SMILES string of the molecule is Cc1ccc(S(=O)(=O)Oc2ccc(Br)cc2/C=C(\C#N)C(=O)Nc2ccc(C)cc2[N+](=O)[O-])cc1. The Balaban J connectivity index is 1.96. The van der Waals surface area contributed by atoms with Crippen molar-refractivity contribution in [2.24, 2.45) is 0 Å². The van der Waals surface area contributed by atoms with Gasteiger partial charge in [-0.2, -0.15) is 13.7 Å². The summed E-state index contributed by atoms with van der Waals surface area (Å²) < 4.78 is 31.3. The first-order valence-electron chi connectivity index (χ1n) is 9.99. The molecule has 0 bridgehead atoms. The number of nitro groups is 1. The van der Waals surface area contributed by atoms with Crippen LogP contribution in [0.5, 0.6) is 5.75 Å². The molecule has 35 heavy (non-hydrogen) atoms. The summed E-state index contributed by atoms with van der Waals surface area (Å²) in [5, 5.41) is 23.3. The van der Waals surface area contributed by atoms with Crippen LogP contribution in [0.2, 0.25) is 0 Å². The molecule has 178 valence electrons. The second-order valence-corrected chi connectivity index (χ2v) is 9.90. The van der Waals surface area contributed by atoms with E-state index in [0.29, 0.717) is 10.0 Å². The molecule has 0 radical (unpaired) electrons. The number of rotatable bonds is 7. The molecule has 11 heteroatoms. The van der Waals surface area contributed by atoms with Crippen molar-refractivity contribution in [2.75, 3.05) is 5.32 Å². The molecule has 0 saturated carbocycles. The fourth-order valence-corrected chi connectivity index (χ4v) is 4.30. The molecule has 0 aliphatic heterocycles. The average molecular weight is 556 g/mol. The topological polar surface area (TPSA) is 139 Å². The number of nitriles is 1. The molecule has 9 nitrogen and oxygen atoms in total. The lowest BCUT2D eigenvalue weighted by atomic mass is 10.1. The standard InChI is InChI=1S/C24H18BrN3O6S/c1-15-3-7-20(8-4-15)35(32,33)34-23-10-6-19(25)13-17(23)12-18(14-26)24(29)27-21-9-5-16(2)11-22(21)28(30)31/h3-13H,1-2H3,(H,27,29)/b18-12+. The zero-order chi connectivity index (χ0) is 25.8. The first-order valence-corrected chi connectivity index (χ1v) is 12.2. The number of carbonyl (C=O) groups excluding carboxylic acids is 1. The first kappa shape index (κ1) is 25.6. The summed E-state index contributed by atoms with van der Waals surface area (Å²) in [6.07, 6.45) is 1.14. The Morgan fingerprint density at radius 2 is 1.74 bits per heavy atom. The third-order valence-corrected chi connectivity index (χ3v) is 6.49. The van der Waals surface area contributed by atoms with Crippen molar-refractivity contribution in [3.8, 4) is 11.8 Å². The maximum absolute atomic E-state index is 12.7. The van der Waals surface area contributed by atoms with Gasteiger partial charge in [0.1, 0.15) is 28.0 Å². The predicted octanol–water partition coefficient (Wildman–Crippen LogP) is 5.29. The van der Waals surface area contributed by atoms with E-state index < -0.39 is 26.5 Å². The van der Waals surface area contributed by atoms with Crippen LogP contribution in [0.4, 0.5) is 11.4 Å². The van der Waals surface area contributed by atoms with Crippen molar-refractivity contribution in [1.82, 2.24) is 0 Å². The van der Waals surface area contributed by atoms with Crippen LogP contribution in [0.1, 0.15) is 16.7 Å². The quantitative estimate of drug-likeness (QED) is 0.137. The number of nitrogens with zero attached hydrogens (tertiary/aromatic N) is 2. The predicted molar refractivity (Wildman–Crippen MR) is 133 cm³/mol. The lowest BCUT2D eigenvalue weighted by Gasteiger charge is -2.11. The van der Waals surface area contributed by atoms with Crippen molar-refractivity contribution in [2.45, 2.75) is 18.7 Å². The summed E-state index contributed by atoms with van der Waals surface area (Å²) in [6.45, 7) is 3.48. The highest BCUT2D eigenvalue weighted by atomic mass is 79.9. The van der Waals surface area contributed by atoms with Gasteiger partial charge in [-0.3, -0.25) is 14.9 Å². The van der Waals surface area contributed by atoms with Crippen molar-refractivity contribution in [3.05, 3.63) is 97.5 Å². The summed E-state index contributed by atoms with van der Waals surface area (Å²) in [6, 6.07) is 16.4. The minimum Gasteiger partial charge on any atom is -0.378 e. The molecule has 0 unspecified atom stereocenters. The van der Waals surface area contributed by atoms with E-state index in [1.165, 1.54) is 36.4 Å². The Morgan fingerprint density at radius 3 is 2.37 bits per heavy atom. The van der Waals surface area contributed by atoms with Gasteiger partial charge in [0.2, 0.25) is 0 Å². The second kappa shape index (κ2) is 10.5. The number of hydrogen-bond acceptors (Lipinski definition) is 7. The van der Waals surface area contributed by atoms with E-state index in [-0.39, 0.29) is 27.6 Å². The molecule has 0 aliphatic rings. The Bertz CT molecular complexity index is 1490. The van der Waals surface area contributed by atoms with Crippen LogP contribution in [-0.4, -0.2) is 19.2 Å². The van der Waals surface area contributed by atoms with Crippen molar-refractivity contribution >= 4 is 49.4 Å². The zero-order valence-corrected chi connectivity index (χ0v) is 20.9. The molecule has 0 atom stereocenters. The Morgan fingerprint density at radius 1 is 1.09 bits per heavy atom. The molecule has 0 aliphatic carbocycles. The molecular formula is C24H18BrN3O6S. The van der Waals surface area contributed by atoms with Gasteiger partial charge in [-0.15, -0.1) is 0 Å². The molecule has 1 amide bonds. The van der Waals surface area contributed by atoms with Gasteiger partial charge in [0.05, 0.1) is 4.92 Å². The highest BCUT2D eigenvalue weighted by Gasteiger charge is 2.21. The maximum atomic E-state index is 12.7. The minimum absolute atomic E-state index is 0.0640. The summed E-state index contributed by atoms with van der Waals surface area (Å²) >= 11 is 3.27. The van der Waals surface area contributed by atoms with Crippen LogP contribution in [0.25, 0.3) is 6.08 Å². The molecule has 1 N–H and O–H groups in total. The van der Waals surface area contributed by atoms with Crippen LogP contribution >= 0.6 is 15.9 Å². The summed E-state index contributed by atoms with van der Waals surface area (Å²) in [4.78, 5) is 23.4. The van der Waals surface area contributed by atoms with E-state index in [4.69, 9.17) is 4.18 Å². The molecule has 0 heterocycles. The summed E-state index contributed by atoms with van der Waals surface area (Å²) in [5.41, 5.74) is 0.785. The van der Waals surface area contributed by atoms with E-state index in [1.54, 1.807) is 37.3 Å². The highest BCUT2D eigenvalue weighted by molar-refractivity contribution is 9.10. The normalized spacial score (nSPS) is 11.4. The maximum Gasteiger partial charge on any atom is 0.339 e. The van der Waals surface area contributed by atoms with Gasteiger partial charge in [0.25, 0.3) is 11.6 Å². The molecular weight excluding hydrogens is 538 g/mol. The number of hydrogen-bond donors (Lipinski definition) is 1. The monoisotopic (exact) mass is 555 g/mol. The van der Waals surface area contributed by atoms with Gasteiger partial charge in [0, 0.05) is 16.1 Å². The fraction of sp³-hybridized carbons (Fsp3) is 0.0833. The fourth-order valence-electron chi connectivity index (χ4n) is 2.97. The molecule has 0 saturated heterocycles. The van der Waals surface area contributed by atoms with Gasteiger partial charge >= 0.3 is 10.1 Å². The van der Waals surface area contributed by atoms with Crippen LogP contribution in [0.3, 0.4) is 0 Å². The second-order valence-electron chi connectivity index (χ2n) is 7.43. The molecule has 3 aromatic rings. The number of benzene rings is 3. The van der Waals surface area contributed by atoms with Gasteiger partial charge in [-0.05, 0) is 61.9 Å². The summed E-state index contributed by atoms with van der Waals surface area (Å²) in [5.74, 6) is -1.03. The zero-order valence-electron chi connectivity index (χ0n) is 18.5. The molecule has 0 aromatic heterocycles.